The van der Waals surface area contributed by atoms with E-state index in [1.165, 1.54) is 13.2 Å². The minimum atomic E-state index is -0.233. The summed E-state index contributed by atoms with van der Waals surface area (Å²) in [7, 11) is 1.37. The summed E-state index contributed by atoms with van der Waals surface area (Å²) < 4.78 is 5.36. The number of benzene rings is 1. The predicted octanol–water partition coefficient (Wildman–Crippen LogP) is 2.31. The minimum absolute atomic E-state index is 0.0176. The van der Waals surface area contributed by atoms with Crippen LogP contribution in [0.1, 0.15) is 5.56 Å². The molecule has 1 heterocycles. The molecule has 1 aromatic carbocycles. The molecule has 0 saturated carbocycles. The standard InChI is InChI=1S/C12H9BrClN5O2/c1-21-6-2-4(7(13)8(14)10(6)20)9-5(3-15)11(16)19-12(17)18-9/h2,20H,1H3,(H4,16,17,18,19). The van der Waals surface area contributed by atoms with Gasteiger partial charge in [-0.25, -0.2) is 4.98 Å². The van der Waals surface area contributed by atoms with Crippen LogP contribution in [0, 0.1) is 11.3 Å². The lowest BCUT2D eigenvalue weighted by molar-refractivity contribution is 0.373. The molecule has 0 aliphatic heterocycles. The molecule has 0 unspecified atom stereocenters. The van der Waals surface area contributed by atoms with Crippen LogP contribution in [0.4, 0.5) is 11.8 Å². The van der Waals surface area contributed by atoms with Gasteiger partial charge in [0.2, 0.25) is 5.95 Å². The van der Waals surface area contributed by atoms with E-state index in [1.807, 2.05) is 6.07 Å². The van der Waals surface area contributed by atoms with Gasteiger partial charge >= 0.3 is 0 Å². The number of halogens is 2. The number of phenolic OH excluding ortho intramolecular Hbond substituents is 1. The van der Waals surface area contributed by atoms with Gasteiger partial charge in [-0.15, -0.1) is 0 Å². The second-order valence-corrected chi connectivity index (χ2v) is 5.08. The van der Waals surface area contributed by atoms with E-state index in [1.54, 1.807) is 0 Å². The smallest absolute Gasteiger partial charge is 0.222 e. The van der Waals surface area contributed by atoms with E-state index in [9.17, 15) is 10.4 Å². The molecule has 1 aromatic heterocycles. The van der Waals surface area contributed by atoms with Crippen LogP contribution < -0.4 is 16.2 Å². The molecule has 21 heavy (non-hydrogen) atoms. The Morgan fingerprint density at radius 2 is 2.10 bits per heavy atom. The van der Waals surface area contributed by atoms with Gasteiger partial charge in [-0.2, -0.15) is 10.2 Å². The Morgan fingerprint density at radius 3 is 2.67 bits per heavy atom. The van der Waals surface area contributed by atoms with Crippen molar-refractivity contribution in [1.29, 1.82) is 5.26 Å². The molecule has 0 amide bonds. The van der Waals surface area contributed by atoms with Crippen LogP contribution in [0.5, 0.6) is 11.5 Å². The lowest BCUT2D eigenvalue weighted by Crippen LogP contribution is -2.05. The number of nitrogens with two attached hydrogens (primary N) is 2. The van der Waals surface area contributed by atoms with Gasteiger partial charge in [0, 0.05) is 10.0 Å². The van der Waals surface area contributed by atoms with Crippen molar-refractivity contribution in [3.8, 4) is 28.8 Å². The van der Waals surface area contributed by atoms with Crippen molar-refractivity contribution >= 4 is 39.3 Å². The number of phenols is 1. The number of nitriles is 1. The summed E-state index contributed by atoms with van der Waals surface area (Å²) in [6, 6.07) is 3.38. The highest BCUT2D eigenvalue weighted by Gasteiger charge is 2.21. The zero-order valence-corrected chi connectivity index (χ0v) is 13.0. The van der Waals surface area contributed by atoms with Crippen molar-refractivity contribution in [3.63, 3.8) is 0 Å². The van der Waals surface area contributed by atoms with Crippen molar-refractivity contribution in [2.45, 2.75) is 0 Å². The summed E-state index contributed by atoms with van der Waals surface area (Å²) in [5.74, 6) is -0.243. The van der Waals surface area contributed by atoms with Gasteiger partial charge in [-0.05, 0) is 22.0 Å². The Hall–Kier alpha value is -2.24. The van der Waals surface area contributed by atoms with Crippen molar-refractivity contribution in [1.82, 2.24) is 9.97 Å². The number of rotatable bonds is 2. The second kappa shape index (κ2) is 5.63. The molecular weight excluding hydrogens is 362 g/mol. The Balaban J connectivity index is 2.86. The van der Waals surface area contributed by atoms with E-state index < -0.39 is 0 Å². The Bertz CT molecular complexity index is 775. The molecule has 7 nitrogen and oxygen atoms in total. The minimum Gasteiger partial charge on any atom is -0.503 e. The molecule has 0 bridgehead atoms. The summed E-state index contributed by atoms with van der Waals surface area (Å²) in [6.45, 7) is 0. The van der Waals surface area contributed by atoms with E-state index in [-0.39, 0.29) is 39.5 Å². The average Bonchev–Trinajstić information content (AvgIpc) is 2.44. The van der Waals surface area contributed by atoms with Gasteiger partial charge in [0.15, 0.2) is 11.5 Å². The number of hydrogen-bond donors (Lipinski definition) is 3. The molecule has 2 aromatic rings. The van der Waals surface area contributed by atoms with Crippen LogP contribution >= 0.6 is 27.5 Å². The van der Waals surface area contributed by atoms with Gasteiger partial charge in [-0.3, -0.25) is 0 Å². The van der Waals surface area contributed by atoms with Crippen molar-refractivity contribution in [2.75, 3.05) is 18.6 Å². The lowest BCUT2D eigenvalue weighted by Gasteiger charge is -2.13. The molecule has 9 heteroatoms. The third-order valence-corrected chi connectivity index (χ3v) is 4.11. The number of aromatic hydroxyl groups is 1. The topological polar surface area (TPSA) is 131 Å². The normalized spacial score (nSPS) is 10.2. The summed E-state index contributed by atoms with van der Waals surface area (Å²) in [5, 5.41) is 19.1. The van der Waals surface area contributed by atoms with E-state index in [4.69, 9.17) is 27.8 Å². The average molecular weight is 371 g/mol. The van der Waals surface area contributed by atoms with Crippen LogP contribution in [-0.2, 0) is 0 Å². The molecule has 0 radical (unpaired) electrons. The predicted molar refractivity (Wildman–Crippen MR) is 81.9 cm³/mol. The monoisotopic (exact) mass is 369 g/mol. The van der Waals surface area contributed by atoms with E-state index in [2.05, 4.69) is 25.9 Å². The molecular formula is C12H9BrClN5O2. The van der Waals surface area contributed by atoms with Crippen LogP contribution in [0.2, 0.25) is 5.02 Å². The molecule has 0 fully saturated rings. The molecule has 0 saturated heterocycles. The molecule has 5 N–H and O–H groups in total. The van der Waals surface area contributed by atoms with Crippen molar-refractivity contribution in [2.24, 2.45) is 0 Å². The van der Waals surface area contributed by atoms with Crippen molar-refractivity contribution < 1.29 is 9.84 Å². The van der Waals surface area contributed by atoms with Crippen LogP contribution in [0.3, 0.4) is 0 Å². The largest absolute Gasteiger partial charge is 0.503 e. The molecule has 108 valence electrons. The quantitative estimate of drug-likeness (QED) is 0.739. The van der Waals surface area contributed by atoms with Gasteiger partial charge < -0.3 is 21.3 Å². The Morgan fingerprint density at radius 1 is 1.43 bits per heavy atom. The maximum Gasteiger partial charge on any atom is 0.222 e. The van der Waals surface area contributed by atoms with E-state index in [0.29, 0.717) is 10.0 Å². The Kier molecular flexibility index (Phi) is 4.06. The number of nitrogens with zero attached hydrogens (tertiary/aromatic N) is 3. The maximum atomic E-state index is 9.85. The first-order chi connectivity index (χ1) is 9.90. The van der Waals surface area contributed by atoms with Gasteiger partial charge in [-0.1, -0.05) is 11.6 Å². The molecule has 0 spiro atoms. The number of aromatic nitrogens is 2. The summed E-state index contributed by atoms with van der Waals surface area (Å²) in [6.07, 6.45) is 0. The van der Waals surface area contributed by atoms with Gasteiger partial charge in [0.05, 0.1) is 12.8 Å². The fraction of sp³-hybridized carbons (Fsp3) is 0.0833. The van der Waals surface area contributed by atoms with Crippen LogP contribution in [0.25, 0.3) is 11.3 Å². The Labute approximate surface area is 133 Å². The second-order valence-electron chi connectivity index (χ2n) is 3.91. The zero-order valence-electron chi connectivity index (χ0n) is 10.7. The third-order valence-electron chi connectivity index (χ3n) is 2.69. The fourth-order valence-electron chi connectivity index (χ4n) is 1.72. The highest BCUT2D eigenvalue weighted by molar-refractivity contribution is 9.10. The number of hydrogen-bond acceptors (Lipinski definition) is 7. The third kappa shape index (κ3) is 2.53. The number of nitrogen functional groups attached to an aromatic ring is 2. The first kappa shape index (κ1) is 15.2. The number of ether oxygens (including phenoxy) is 1. The van der Waals surface area contributed by atoms with Crippen LogP contribution in [-0.4, -0.2) is 22.2 Å². The van der Waals surface area contributed by atoms with E-state index >= 15 is 0 Å². The zero-order chi connectivity index (χ0) is 15.7. The molecule has 0 atom stereocenters. The van der Waals surface area contributed by atoms with E-state index in [0.717, 1.165) is 0 Å². The van der Waals surface area contributed by atoms with Gasteiger partial charge in [0.1, 0.15) is 22.5 Å². The molecule has 2 rings (SSSR count). The first-order valence-electron chi connectivity index (χ1n) is 5.49. The summed E-state index contributed by atoms with van der Waals surface area (Å²) >= 11 is 9.27. The summed E-state index contributed by atoms with van der Waals surface area (Å²) in [5.41, 5.74) is 11.9. The fourth-order valence-corrected chi connectivity index (χ4v) is 2.41. The highest BCUT2D eigenvalue weighted by Crippen LogP contribution is 2.45. The van der Waals surface area contributed by atoms with Crippen molar-refractivity contribution in [3.05, 3.63) is 21.1 Å². The highest BCUT2D eigenvalue weighted by atomic mass is 79.9. The lowest BCUT2D eigenvalue weighted by atomic mass is 10.1. The van der Waals surface area contributed by atoms with Gasteiger partial charge in [0.25, 0.3) is 0 Å². The maximum absolute atomic E-state index is 9.85. The molecule has 0 aliphatic carbocycles. The number of anilines is 2. The number of methoxy groups -OCH3 is 1. The molecule has 0 aliphatic rings. The SMILES string of the molecule is COc1cc(-c2nc(N)nc(N)c2C#N)c(Br)c(Cl)c1O. The summed E-state index contributed by atoms with van der Waals surface area (Å²) in [4.78, 5) is 7.76. The van der Waals surface area contributed by atoms with Crippen LogP contribution in [0.15, 0.2) is 10.5 Å². The first-order valence-corrected chi connectivity index (χ1v) is 6.66.